The number of hydrogen-bond donors (Lipinski definition) is 1. The van der Waals surface area contributed by atoms with Crippen LogP contribution in [0.2, 0.25) is 0 Å². The maximum Gasteiger partial charge on any atom is 0.251 e. The molecule has 3 heterocycles. The van der Waals surface area contributed by atoms with Crippen molar-refractivity contribution >= 4 is 30.6 Å². The van der Waals surface area contributed by atoms with Gasteiger partial charge in [0.15, 0.2) is 0 Å². The van der Waals surface area contributed by atoms with Gasteiger partial charge in [0.2, 0.25) is 0 Å². The van der Waals surface area contributed by atoms with Gasteiger partial charge in [-0.15, -0.1) is 24.8 Å². The van der Waals surface area contributed by atoms with Crippen LogP contribution in [-0.4, -0.2) is 37.1 Å². The third-order valence-electron chi connectivity index (χ3n) is 4.30. The van der Waals surface area contributed by atoms with E-state index in [1.165, 1.54) is 5.56 Å². The van der Waals surface area contributed by atoms with Crippen LogP contribution < -0.4 is 10.2 Å². The first-order valence-electron chi connectivity index (χ1n) is 7.38. The Hall–Kier alpha value is -0.650. The molecule has 0 amide bonds. The second kappa shape index (κ2) is 7.75. The Morgan fingerprint density at radius 2 is 1.91 bits per heavy atom. The molecule has 1 fully saturated rings. The lowest BCUT2D eigenvalue weighted by atomic mass is 10.0. The van der Waals surface area contributed by atoms with E-state index in [0.29, 0.717) is 19.0 Å². The number of aromatic nitrogens is 1. The minimum atomic E-state index is -2.50. The predicted octanol–water partition coefficient (Wildman–Crippen LogP) is 3.41. The van der Waals surface area contributed by atoms with Crippen LogP contribution in [-0.2, 0) is 6.42 Å². The van der Waals surface area contributed by atoms with E-state index in [1.807, 2.05) is 11.0 Å². The zero-order valence-corrected chi connectivity index (χ0v) is 14.3. The molecular formula is C15H23Cl2F2N3. The van der Waals surface area contributed by atoms with Gasteiger partial charge in [-0.25, -0.2) is 13.8 Å². The van der Waals surface area contributed by atoms with Gasteiger partial charge in [0, 0.05) is 38.4 Å². The lowest BCUT2D eigenvalue weighted by Gasteiger charge is -2.33. The van der Waals surface area contributed by atoms with Crippen molar-refractivity contribution in [1.29, 1.82) is 0 Å². The fraction of sp³-hybridized carbons (Fsp3) is 0.667. The van der Waals surface area contributed by atoms with E-state index in [1.54, 1.807) is 0 Å². The standard InChI is InChI=1S/C15H21F2N3.2ClH/c1-11-10-18-7-4-12-2-3-13(19-14(11)12)20-8-5-15(16,17)6-9-20;;/h2-3,11,18H,4-10H2,1H3;2*1H. The van der Waals surface area contributed by atoms with Gasteiger partial charge in [-0.05, 0) is 24.6 Å². The van der Waals surface area contributed by atoms with Crippen molar-refractivity contribution in [3.8, 4) is 0 Å². The first-order chi connectivity index (χ1) is 9.55. The molecule has 3 rings (SSSR count). The highest BCUT2D eigenvalue weighted by atomic mass is 35.5. The number of hydrogen-bond acceptors (Lipinski definition) is 3. The Bertz CT molecular complexity index is 490. The van der Waals surface area contributed by atoms with Crippen LogP contribution >= 0.6 is 24.8 Å². The highest BCUT2D eigenvalue weighted by molar-refractivity contribution is 5.85. The molecule has 2 aliphatic heterocycles. The molecule has 0 spiro atoms. The summed E-state index contributed by atoms with van der Waals surface area (Å²) < 4.78 is 26.5. The summed E-state index contributed by atoms with van der Waals surface area (Å²) in [7, 11) is 0. The van der Waals surface area contributed by atoms with Gasteiger partial charge >= 0.3 is 0 Å². The molecule has 1 unspecified atom stereocenters. The van der Waals surface area contributed by atoms with Gasteiger partial charge in [0.05, 0.1) is 5.69 Å². The molecule has 7 heteroatoms. The Kier molecular flexibility index (Phi) is 6.84. The first-order valence-corrected chi connectivity index (χ1v) is 7.38. The van der Waals surface area contributed by atoms with Crippen LogP contribution in [0.15, 0.2) is 12.1 Å². The minimum absolute atomic E-state index is 0. The van der Waals surface area contributed by atoms with Gasteiger partial charge < -0.3 is 10.2 Å². The minimum Gasteiger partial charge on any atom is -0.356 e. The third kappa shape index (κ3) is 4.21. The highest BCUT2D eigenvalue weighted by Gasteiger charge is 2.34. The molecule has 0 aromatic carbocycles. The van der Waals surface area contributed by atoms with E-state index < -0.39 is 5.92 Å². The van der Waals surface area contributed by atoms with Crippen molar-refractivity contribution in [1.82, 2.24) is 10.3 Å². The number of nitrogens with zero attached hydrogens (tertiary/aromatic N) is 2. The zero-order chi connectivity index (χ0) is 14.2. The maximum absolute atomic E-state index is 13.2. The lowest BCUT2D eigenvalue weighted by molar-refractivity contribution is -0.0221. The Balaban J connectivity index is 0.00000121. The summed E-state index contributed by atoms with van der Waals surface area (Å²) in [5.41, 5.74) is 2.42. The van der Waals surface area contributed by atoms with Gasteiger partial charge in [-0.1, -0.05) is 13.0 Å². The van der Waals surface area contributed by atoms with Gasteiger partial charge in [-0.3, -0.25) is 0 Å². The van der Waals surface area contributed by atoms with Gasteiger partial charge in [0.25, 0.3) is 5.92 Å². The molecule has 22 heavy (non-hydrogen) atoms. The summed E-state index contributed by atoms with van der Waals surface area (Å²) in [6.07, 6.45) is 0.858. The van der Waals surface area contributed by atoms with E-state index in [-0.39, 0.29) is 37.7 Å². The topological polar surface area (TPSA) is 28.2 Å². The molecule has 1 aromatic heterocycles. The Morgan fingerprint density at radius 1 is 1.23 bits per heavy atom. The molecule has 3 nitrogen and oxygen atoms in total. The Morgan fingerprint density at radius 3 is 2.59 bits per heavy atom. The molecule has 126 valence electrons. The van der Waals surface area contributed by atoms with Crippen molar-refractivity contribution < 1.29 is 8.78 Å². The van der Waals surface area contributed by atoms with E-state index >= 15 is 0 Å². The van der Waals surface area contributed by atoms with Crippen LogP contribution in [0, 0.1) is 0 Å². The van der Waals surface area contributed by atoms with Crippen molar-refractivity contribution in [3.63, 3.8) is 0 Å². The lowest BCUT2D eigenvalue weighted by Crippen LogP contribution is -2.39. The normalized spacial score (nSPS) is 23.6. The number of pyridine rings is 1. The summed E-state index contributed by atoms with van der Waals surface area (Å²) in [5, 5.41) is 3.40. The van der Waals surface area contributed by atoms with E-state index in [0.717, 1.165) is 31.0 Å². The van der Waals surface area contributed by atoms with Crippen LogP contribution in [0.4, 0.5) is 14.6 Å². The summed E-state index contributed by atoms with van der Waals surface area (Å²) in [6, 6.07) is 4.11. The van der Waals surface area contributed by atoms with Crippen molar-refractivity contribution in [3.05, 3.63) is 23.4 Å². The number of anilines is 1. The molecule has 0 saturated carbocycles. The second-order valence-electron chi connectivity index (χ2n) is 5.91. The molecule has 0 radical (unpaired) electrons. The molecule has 0 aliphatic carbocycles. The summed E-state index contributed by atoms with van der Waals surface area (Å²) >= 11 is 0. The van der Waals surface area contributed by atoms with E-state index in [2.05, 4.69) is 18.3 Å². The number of nitrogens with one attached hydrogen (secondary N) is 1. The number of rotatable bonds is 1. The summed E-state index contributed by atoms with van der Waals surface area (Å²) in [6.45, 7) is 4.87. The summed E-state index contributed by atoms with van der Waals surface area (Å²) in [4.78, 5) is 6.76. The van der Waals surface area contributed by atoms with Gasteiger partial charge in [-0.2, -0.15) is 0 Å². The molecule has 1 N–H and O–H groups in total. The maximum atomic E-state index is 13.2. The van der Waals surface area contributed by atoms with Crippen LogP contribution in [0.3, 0.4) is 0 Å². The smallest absolute Gasteiger partial charge is 0.251 e. The molecular weight excluding hydrogens is 331 g/mol. The average Bonchev–Trinajstić information content (AvgIpc) is 2.61. The highest BCUT2D eigenvalue weighted by Crippen LogP contribution is 2.31. The summed E-state index contributed by atoms with van der Waals surface area (Å²) in [5.74, 6) is -1.27. The van der Waals surface area contributed by atoms with E-state index in [9.17, 15) is 8.78 Å². The van der Waals surface area contributed by atoms with Crippen molar-refractivity contribution in [2.24, 2.45) is 0 Å². The number of halogens is 4. The van der Waals surface area contributed by atoms with Crippen LogP contribution in [0.25, 0.3) is 0 Å². The largest absolute Gasteiger partial charge is 0.356 e. The van der Waals surface area contributed by atoms with Crippen LogP contribution in [0.1, 0.15) is 36.9 Å². The molecule has 2 aliphatic rings. The first kappa shape index (κ1) is 19.4. The average molecular weight is 354 g/mol. The SMILES string of the molecule is CC1CNCCc2ccc(N3CCC(F)(F)CC3)nc21.Cl.Cl. The molecule has 1 aromatic rings. The molecule has 0 bridgehead atoms. The van der Waals surface area contributed by atoms with Gasteiger partial charge in [0.1, 0.15) is 5.82 Å². The van der Waals surface area contributed by atoms with Crippen molar-refractivity contribution in [2.75, 3.05) is 31.1 Å². The number of piperidine rings is 1. The quantitative estimate of drug-likeness (QED) is 0.838. The van der Waals surface area contributed by atoms with Crippen LogP contribution in [0.5, 0.6) is 0 Å². The third-order valence-corrected chi connectivity index (χ3v) is 4.30. The monoisotopic (exact) mass is 353 g/mol. The van der Waals surface area contributed by atoms with Crippen molar-refractivity contribution in [2.45, 2.75) is 38.0 Å². The molecule has 1 atom stereocenters. The predicted molar refractivity (Wildman–Crippen MR) is 90.1 cm³/mol. The zero-order valence-electron chi connectivity index (χ0n) is 12.6. The van der Waals surface area contributed by atoms with E-state index in [4.69, 9.17) is 4.98 Å². The fourth-order valence-corrected chi connectivity index (χ4v) is 3.01. The fourth-order valence-electron chi connectivity index (χ4n) is 3.01. The number of fused-ring (bicyclic) bond motifs is 1. The Labute approximate surface area is 142 Å². The number of alkyl halides is 2. The second-order valence-corrected chi connectivity index (χ2v) is 5.91. The molecule has 1 saturated heterocycles.